The average molecular weight is 559 g/mol. The van der Waals surface area contributed by atoms with Crippen molar-refractivity contribution in [3.8, 4) is 0 Å². The van der Waals surface area contributed by atoms with E-state index in [0.717, 1.165) is 34.8 Å². The van der Waals surface area contributed by atoms with Crippen LogP contribution in [-0.2, 0) is 6.51 Å². The van der Waals surface area contributed by atoms with Gasteiger partial charge in [-0.3, -0.25) is 0 Å². The van der Waals surface area contributed by atoms with Crippen molar-refractivity contribution in [2.45, 2.75) is 116 Å². The second-order valence-corrected chi connectivity index (χ2v) is 47.3. The van der Waals surface area contributed by atoms with Gasteiger partial charge < -0.3 is 0 Å². The topological polar surface area (TPSA) is 48.1 Å². The quantitative estimate of drug-likeness (QED) is 0.286. The number of hydrogen-bond donors (Lipinski definition) is 4. The Morgan fingerprint density at radius 1 is 0.743 bits per heavy atom. The second-order valence-electron chi connectivity index (χ2n) is 19.2. The van der Waals surface area contributed by atoms with Gasteiger partial charge in [0.25, 0.3) is 0 Å². The Bertz CT molecular complexity index is 1450. The standard InChI is InChI=1S/C23H43N4P2.C5H5.Fe/c1-21(2,3)29(22(4,5)6)16-17-8-7-9-18(17)23(28,19-14-24-10-12-26-19)20-15-25-11-13-27-20;1-2-4-5-3-1;/h7-9,19-20,24-27H,10-16,28H2,1-6H3;1-5H;. The number of fused-ring (bicyclic) bond motifs is 10. The first kappa shape index (κ1) is 20.1. The number of rotatable bonds is 5. The van der Waals surface area contributed by atoms with Crippen LogP contribution in [0.1, 0.15) is 41.5 Å². The van der Waals surface area contributed by atoms with E-state index >= 15 is 0 Å². The van der Waals surface area contributed by atoms with Crippen molar-refractivity contribution < 1.29 is 6.51 Å². The van der Waals surface area contributed by atoms with Gasteiger partial charge >= 0.3 is 207 Å². The molecule has 8 unspecified atom stereocenters. The Morgan fingerprint density at radius 3 is 1.57 bits per heavy atom. The predicted molar refractivity (Wildman–Crippen MR) is 148 cm³/mol. The van der Waals surface area contributed by atoms with Crippen molar-refractivity contribution in [1.29, 1.82) is 0 Å². The van der Waals surface area contributed by atoms with E-state index < -0.39 is 6.51 Å². The van der Waals surface area contributed by atoms with Gasteiger partial charge in [0.2, 0.25) is 0 Å². The molecule has 4 N–H and O–H groups in total. The molecule has 8 atom stereocenters. The summed E-state index contributed by atoms with van der Waals surface area (Å²) in [5.41, 5.74) is 0. The molecule has 0 saturated carbocycles. The van der Waals surface area contributed by atoms with Crippen LogP contribution in [0.25, 0.3) is 0 Å². The summed E-state index contributed by atoms with van der Waals surface area (Å²) in [7, 11) is 3.80. The summed E-state index contributed by atoms with van der Waals surface area (Å²) in [5, 5.41) is 17.5. The summed E-state index contributed by atoms with van der Waals surface area (Å²) in [4.78, 5) is 10.8. The van der Waals surface area contributed by atoms with E-state index in [1.165, 1.54) is 51.6 Å². The fourth-order valence-corrected chi connectivity index (χ4v) is 111. The average Bonchev–Trinajstić information content (AvgIpc) is 3.76. The summed E-state index contributed by atoms with van der Waals surface area (Å²) in [6.45, 7) is 19.1. The van der Waals surface area contributed by atoms with Gasteiger partial charge in [0.15, 0.2) is 0 Å². The number of hydrogen-bond acceptors (Lipinski definition) is 4. The van der Waals surface area contributed by atoms with Gasteiger partial charge in [-0.25, -0.2) is 0 Å². The van der Waals surface area contributed by atoms with Crippen molar-refractivity contribution in [3.63, 3.8) is 0 Å². The molecule has 12 saturated heterocycles. The van der Waals surface area contributed by atoms with Gasteiger partial charge in [-0.15, -0.1) is 0 Å². The van der Waals surface area contributed by atoms with E-state index in [4.69, 9.17) is 0 Å². The monoisotopic (exact) mass is 558 g/mol. The third kappa shape index (κ3) is 0.488. The molecule has 0 radical (unpaired) electrons. The van der Waals surface area contributed by atoms with Crippen LogP contribution in [-0.4, -0.2) is 73.0 Å². The minimum atomic E-state index is -3.65. The molecule has 35 heavy (non-hydrogen) atoms. The molecule has 198 valence electrons. The molecule has 0 aromatic carbocycles. The molecule has 0 aromatic heterocycles. The maximum absolute atomic E-state index is 4.20. The van der Waals surface area contributed by atoms with Crippen molar-refractivity contribution in [1.82, 2.24) is 21.3 Å². The molecular weight excluding hydrogens is 510 g/mol. The fraction of sp³-hybridized carbons (Fsp3) is 1.00. The zero-order chi connectivity index (χ0) is 23.9. The molecule has 7 heteroatoms. The van der Waals surface area contributed by atoms with Crippen LogP contribution in [0.5, 0.6) is 0 Å². The molecule has 12 aliphatic rings. The van der Waals surface area contributed by atoms with Gasteiger partial charge in [0, 0.05) is 0 Å². The molecular formula is C28H48FeN4P2. The van der Waals surface area contributed by atoms with E-state index in [1.807, 2.05) is 0 Å². The van der Waals surface area contributed by atoms with Gasteiger partial charge in [-0.2, -0.15) is 0 Å². The summed E-state index contributed by atoms with van der Waals surface area (Å²) < 4.78 is 1.69. The normalized spacial score (nSPS) is 78.7. The first-order valence-electron chi connectivity index (χ1n) is 14.9. The Labute approximate surface area is 206 Å². The predicted octanol–water partition coefficient (Wildman–Crippen LogP) is 4.93. The van der Waals surface area contributed by atoms with Crippen molar-refractivity contribution >= 4 is 17.2 Å². The van der Waals surface area contributed by atoms with Crippen molar-refractivity contribution in [2.24, 2.45) is 0 Å². The molecule has 4 nitrogen and oxygen atoms in total. The van der Waals surface area contributed by atoms with Crippen LogP contribution < -0.4 is 21.3 Å². The molecule has 12 aliphatic heterocycles. The fourth-order valence-electron chi connectivity index (χ4n) is 23.2. The Kier molecular flexibility index (Phi) is 1.64. The minimum absolute atomic E-state index is 0.00901. The van der Waals surface area contributed by atoms with E-state index in [2.05, 4.69) is 72.0 Å². The van der Waals surface area contributed by atoms with Crippen LogP contribution >= 0.6 is 17.2 Å². The van der Waals surface area contributed by atoms with Crippen LogP contribution in [0.2, 0.25) is 47.2 Å². The third-order valence-electron chi connectivity index (χ3n) is 21.1. The molecule has 0 amide bonds. The van der Waals surface area contributed by atoms with Crippen LogP contribution in [0, 0.1) is 0 Å². The van der Waals surface area contributed by atoms with E-state index in [9.17, 15) is 0 Å². The van der Waals surface area contributed by atoms with Crippen LogP contribution in [0.4, 0.5) is 0 Å². The molecule has 12 rings (SSSR count). The molecule has 12 heterocycles. The Morgan fingerprint density at radius 2 is 1.23 bits per heavy atom. The van der Waals surface area contributed by atoms with Gasteiger partial charge in [-0.05, 0) is 0 Å². The Hall–Kier alpha value is 1.22. The SMILES string of the molecule is CC(C)(C)P(C[C]12[CH]3[CH]4[CH]5[C]1(C(P)(C1CNCCN1)C1CNCCN1)[Fe]43521678[CH]2[CH]1[CH]6[CH]7[CH]28)C(C)(C)C. The maximum atomic E-state index is 4.20. The van der Waals surface area contributed by atoms with E-state index in [0.29, 0.717) is 27.6 Å². The van der Waals surface area contributed by atoms with Crippen molar-refractivity contribution in [2.75, 3.05) is 45.4 Å². The summed E-state index contributed by atoms with van der Waals surface area (Å²) in [6, 6.07) is 1.26. The summed E-state index contributed by atoms with van der Waals surface area (Å²) in [6.07, 6.45) is 1.69. The molecule has 0 aromatic rings. The zero-order valence-corrected chi connectivity index (χ0v) is 25.8. The molecule has 0 bridgehead atoms. The Balaban J connectivity index is 1.14. The molecule has 12 fully saturated rings. The third-order valence-corrected chi connectivity index (χ3v) is 70.5. The van der Waals surface area contributed by atoms with Crippen LogP contribution in [0.15, 0.2) is 0 Å². The summed E-state index contributed by atoms with van der Waals surface area (Å²) in [5.74, 6) is 0. The van der Waals surface area contributed by atoms with E-state index in [1.54, 1.807) is 6.16 Å². The first-order chi connectivity index (χ1) is 16.2. The van der Waals surface area contributed by atoms with Gasteiger partial charge in [0.1, 0.15) is 0 Å². The first-order valence-corrected chi connectivity index (χ1v) is 23.2. The number of nitrogens with one attached hydrogen (secondary N) is 4. The van der Waals surface area contributed by atoms with Gasteiger partial charge in [0.05, 0.1) is 0 Å². The van der Waals surface area contributed by atoms with Gasteiger partial charge in [-0.1, -0.05) is 0 Å². The molecule has 0 aliphatic carbocycles. The second kappa shape index (κ2) is 2.85. The number of piperazine rings is 2. The van der Waals surface area contributed by atoms with Crippen LogP contribution in [0.3, 0.4) is 0 Å². The molecule has 1 spiro atoms. The zero-order valence-electron chi connectivity index (χ0n) is 22.6. The van der Waals surface area contributed by atoms with E-state index in [-0.39, 0.29) is 7.92 Å². The summed E-state index contributed by atoms with van der Waals surface area (Å²) >= 11 is 0. The van der Waals surface area contributed by atoms with Crippen molar-refractivity contribution in [3.05, 3.63) is 0 Å².